The fourth-order valence-corrected chi connectivity index (χ4v) is 2.51. The molecule has 0 bridgehead atoms. The molecule has 0 spiro atoms. The number of thiophene rings is 1. The van der Waals surface area contributed by atoms with E-state index in [1.165, 1.54) is 11.3 Å². The molecule has 1 aliphatic heterocycles. The van der Waals surface area contributed by atoms with Gasteiger partial charge in [0.05, 0.1) is 0 Å². The molecule has 2 heterocycles. The van der Waals surface area contributed by atoms with Crippen molar-refractivity contribution in [2.45, 2.75) is 25.4 Å². The van der Waals surface area contributed by atoms with E-state index in [-0.39, 0.29) is 0 Å². The molecule has 0 saturated carbocycles. The molecule has 0 radical (unpaired) electrons. The summed E-state index contributed by atoms with van der Waals surface area (Å²) >= 11 is 1.83. The highest BCUT2D eigenvalue weighted by Gasteiger charge is 2.17. The monoisotopic (exact) mass is 196 g/mol. The third-order valence-electron chi connectivity index (χ3n) is 2.52. The minimum Gasteiger partial charge on any atom is -0.315 e. The SMILES string of the molecule is CC(NC1CCNC1)c1cccs1. The van der Waals surface area contributed by atoms with Gasteiger partial charge in [-0.3, -0.25) is 0 Å². The van der Waals surface area contributed by atoms with Crippen LogP contribution in [0.3, 0.4) is 0 Å². The summed E-state index contributed by atoms with van der Waals surface area (Å²) in [7, 11) is 0. The molecule has 1 aromatic heterocycles. The zero-order chi connectivity index (χ0) is 9.10. The molecule has 2 rings (SSSR count). The van der Waals surface area contributed by atoms with E-state index in [2.05, 4.69) is 35.1 Å². The van der Waals surface area contributed by atoms with E-state index >= 15 is 0 Å². The van der Waals surface area contributed by atoms with Crippen LogP contribution in [0.25, 0.3) is 0 Å². The summed E-state index contributed by atoms with van der Waals surface area (Å²) in [6.45, 7) is 4.52. The summed E-state index contributed by atoms with van der Waals surface area (Å²) in [5.41, 5.74) is 0. The Morgan fingerprint density at radius 2 is 2.62 bits per heavy atom. The molecule has 2 atom stereocenters. The van der Waals surface area contributed by atoms with Crippen LogP contribution in [0.5, 0.6) is 0 Å². The Morgan fingerprint density at radius 1 is 1.69 bits per heavy atom. The Kier molecular flexibility index (Phi) is 2.98. The first kappa shape index (κ1) is 9.19. The van der Waals surface area contributed by atoms with Crippen LogP contribution >= 0.6 is 11.3 Å². The summed E-state index contributed by atoms with van der Waals surface area (Å²) in [5, 5.41) is 9.13. The summed E-state index contributed by atoms with van der Waals surface area (Å²) in [4.78, 5) is 1.44. The molecule has 72 valence electrons. The average molecular weight is 196 g/mol. The van der Waals surface area contributed by atoms with Gasteiger partial charge >= 0.3 is 0 Å². The van der Waals surface area contributed by atoms with E-state index in [1.807, 2.05) is 11.3 Å². The highest BCUT2D eigenvalue weighted by Crippen LogP contribution is 2.19. The second-order valence-corrected chi connectivity index (χ2v) is 4.57. The predicted octanol–water partition coefficient (Wildman–Crippen LogP) is 1.76. The van der Waals surface area contributed by atoms with Gasteiger partial charge < -0.3 is 10.6 Å². The maximum absolute atomic E-state index is 3.63. The van der Waals surface area contributed by atoms with Crippen molar-refractivity contribution in [2.24, 2.45) is 0 Å². The number of nitrogens with one attached hydrogen (secondary N) is 2. The molecule has 13 heavy (non-hydrogen) atoms. The highest BCUT2D eigenvalue weighted by atomic mass is 32.1. The first-order valence-corrected chi connectivity index (χ1v) is 5.74. The van der Waals surface area contributed by atoms with Gasteiger partial charge in [0.15, 0.2) is 0 Å². The molecule has 3 heteroatoms. The van der Waals surface area contributed by atoms with E-state index in [9.17, 15) is 0 Å². The molecule has 1 aromatic rings. The highest BCUT2D eigenvalue weighted by molar-refractivity contribution is 7.10. The van der Waals surface area contributed by atoms with Gasteiger partial charge in [0, 0.05) is 23.5 Å². The van der Waals surface area contributed by atoms with Crippen molar-refractivity contribution >= 4 is 11.3 Å². The van der Waals surface area contributed by atoms with E-state index in [0.29, 0.717) is 12.1 Å². The van der Waals surface area contributed by atoms with Crippen molar-refractivity contribution in [2.75, 3.05) is 13.1 Å². The Labute approximate surface area is 83.4 Å². The summed E-state index contributed by atoms with van der Waals surface area (Å²) < 4.78 is 0. The van der Waals surface area contributed by atoms with Crippen LogP contribution in [0, 0.1) is 0 Å². The summed E-state index contributed by atoms with van der Waals surface area (Å²) in [6, 6.07) is 5.48. The topological polar surface area (TPSA) is 24.1 Å². The summed E-state index contributed by atoms with van der Waals surface area (Å²) in [6.07, 6.45) is 1.26. The van der Waals surface area contributed by atoms with Gasteiger partial charge in [-0.25, -0.2) is 0 Å². The van der Waals surface area contributed by atoms with E-state index in [4.69, 9.17) is 0 Å². The van der Waals surface area contributed by atoms with Crippen molar-refractivity contribution in [1.82, 2.24) is 10.6 Å². The smallest absolute Gasteiger partial charge is 0.0388 e. The van der Waals surface area contributed by atoms with E-state index < -0.39 is 0 Å². The fraction of sp³-hybridized carbons (Fsp3) is 0.600. The van der Waals surface area contributed by atoms with E-state index in [1.54, 1.807) is 0 Å². The number of rotatable bonds is 3. The third kappa shape index (κ3) is 2.30. The van der Waals surface area contributed by atoms with Crippen LogP contribution in [-0.2, 0) is 0 Å². The molecule has 2 nitrogen and oxygen atoms in total. The van der Waals surface area contributed by atoms with Gasteiger partial charge in [0.2, 0.25) is 0 Å². The Balaban J connectivity index is 1.87. The second-order valence-electron chi connectivity index (χ2n) is 3.59. The van der Waals surface area contributed by atoms with Crippen LogP contribution in [0.1, 0.15) is 24.3 Å². The first-order valence-electron chi connectivity index (χ1n) is 4.86. The largest absolute Gasteiger partial charge is 0.315 e. The summed E-state index contributed by atoms with van der Waals surface area (Å²) in [5.74, 6) is 0. The molecular weight excluding hydrogens is 180 g/mol. The number of hydrogen-bond donors (Lipinski definition) is 2. The van der Waals surface area contributed by atoms with Crippen LogP contribution in [0.2, 0.25) is 0 Å². The van der Waals surface area contributed by atoms with Crippen molar-refractivity contribution in [3.8, 4) is 0 Å². The maximum atomic E-state index is 3.63. The van der Waals surface area contributed by atoms with Crippen molar-refractivity contribution in [3.05, 3.63) is 22.4 Å². The number of hydrogen-bond acceptors (Lipinski definition) is 3. The first-order chi connectivity index (χ1) is 6.36. The zero-order valence-corrected chi connectivity index (χ0v) is 8.73. The fourth-order valence-electron chi connectivity index (χ4n) is 1.77. The lowest BCUT2D eigenvalue weighted by molar-refractivity contribution is 0.483. The van der Waals surface area contributed by atoms with Gasteiger partial charge in [0.25, 0.3) is 0 Å². The second kappa shape index (κ2) is 4.22. The predicted molar refractivity (Wildman–Crippen MR) is 57.1 cm³/mol. The lowest BCUT2D eigenvalue weighted by Crippen LogP contribution is -2.32. The van der Waals surface area contributed by atoms with Crippen LogP contribution in [0.15, 0.2) is 17.5 Å². The zero-order valence-electron chi connectivity index (χ0n) is 7.92. The minimum absolute atomic E-state index is 0.505. The average Bonchev–Trinajstić information content (AvgIpc) is 2.74. The van der Waals surface area contributed by atoms with Crippen molar-refractivity contribution in [3.63, 3.8) is 0 Å². The van der Waals surface area contributed by atoms with Gasteiger partial charge in [-0.1, -0.05) is 6.07 Å². The lowest BCUT2D eigenvalue weighted by Gasteiger charge is -2.17. The van der Waals surface area contributed by atoms with Gasteiger partial charge in [-0.15, -0.1) is 11.3 Å². The molecule has 0 amide bonds. The Hall–Kier alpha value is -0.380. The normalized spacial score (nSPS) is 24.8. The third-order valence-corrected chi connectivity index (χ3v) is 3.57. The van der Waals surface area contributed by atoms with Gasteiger partial charge in [-0.2, -0.15) is 0 Å². The van der Waals surface area contributed by atoms with Crippen LogP contribution < -0.4 is 10.6 Å². The maximum Gasteiger partial charge on any atom is 0.0388 e. The minimum atomic E-state index is 0.505. The molecule has 1 saturated heterocycles. The van der Waals surface area contributed by atoms with Gasteiger partial charge in [0.1, 0.15) is 0 Å². The quantitative estimate of drug-likeness (QED) is 0.770. The lowest BCUT2D eigenvalue weighted by atomic mass is 10.2. The van der Waals surface area contributed by atoms with Crippen LogP contribution in [0.4, 0.5) is 0 Å². The molecule has 1 fully saturated rings. The standard InChI is InChI=1S/C10H16N2S/c1-8(10-3-2-6-13-10)12-9-4-5-11-7-9/h2-3,6,8-9,11-12H,4-5,7H2,1H3. The Bertz CT molecular complexity index is 239. The van der Waals surface area contributed by atoms with Crippen molar-refractivity contribution < 1.29 is 0 Å². The molecular formula is C10H16N2S. The van der Waals surface area contributed by atoms with Gasteiger partial charge in [-0.05, 0) is 31.3 Å². The van der Waals surface area contributed by atoms with Crippen LogP contribution in [-0.4, -0.2) is 19.1 Å². The molecule has 2 N–H and O–H groups in total. The molecule has 1 aliphatic rings. The Morgan fingerprint density at radius 3 is 3.23 bits per heavy atom. The molecule has 0 aliphatic carbocycles. The van der Waals surface area contributed by atoms with Crippen molar-refractivity contribution in [1.29, 1.82) is 0 Å². The molecule has 0 aromatic carbocycles. The molecule has 2 unspecified atom stereocenters. The van der Waals surface area contributed by atoms with E-state index in [0.717, 1.165) is 13.1 Å².